The Bertz CT molecular complexity index is 777. The van der Waals surface area contributed by atoms with Gasteiger partial charge in [0.1, 0.15) is 5.75 Å². The molecule has 0 aliphatic rings. The second-order valence-electron chi connectivity index (χ2n) is 5.16. The maximum Gasteiger partial charge on any atom is 0.310 e. The zero-order chi connectivity index (χ0) is 17.5. The third-order valence-electron chi connectivity index (χ3n) is 3.41. The molecule has 0 amide bonds. The Kier molecular flexibility index (Phi) is 5.80. The molecule has 124 valence electrons. The maximum absolute atomic E-state index is 11.6. The van der Waals surface area contributed by atoms with Gasteiger partial charge in [0.2, 0.25) is 0 Å². The fraction of sp³-hybridized carbons (Fsp3) is 0.263. The number of benzene rings is 2. The summed E-state index contributed by atoms with van der Waals surface area (Å²) in [6.45, 7) is 4.00. The van der Waals surface area contributed by atoms with Crippen molar-refractivity contribution < 1.29 is 19.0 Å². The molecule has 24 heavy (non-hydrogen) atoms. The number of methoxy groups -OCH3 is 1. The number of nitriles is 1. The smallest absolute Gasteiger partial charge is 0.310 e. The fourth-order valence-electron chi connectivity index (χ4n) is 2.24. The molecule has 0 aliphatic heterocycles. The van der Waals surface area contributed by atoms with Gasteiger partial charge in [-0.3, -0.25) is 4.79 Å². The number of rotatable bonds is 6. The van der Waals surface area contributed by atoms with Crippen LogP contribution in [0.25, 0.3) is 0 Å². The number of carbonyl (C=O) groups is 1. The van der Waals surface area contributed by atoms with Crippen molar-refractivity contribution in [3.8, 4) is 23.3 Å². The Hall–Kier alpha value is -3.00. The third kappa shape index (κ3) is 4.26. The van der Waals surface area contributed by atoms with Crippen LogP contribution in [0.4, 0.5) is 0 Å². The van der Waals surface area contributed by atoms with Gasteiger partial charge in [-0.15, -0.1) is 0 Å². The monoisotopic (exact) mass is 325 g/mol. The average Bonchev–Trinajstić information content (AvgIpc) is 2.58. The molecule has 0 N–H and O–H groups in total. The van der Waals surface area contributed by atoms with Crippen molar-refractivity contribution >= 4 is 5.97 Å². The van der Waals surface area contributed by atoms with E-state index in [1.165, 1.54) is 0 Å². The van der Waals surface area contributed by atoms with Gasteiger partial charge in [-0.05, 0) is 55.3 Å². The molecule has 0 spiro atoms. The summed E-state index contributed by atoms with van der Waals surface area (Å²) in [5, 5.41) is 8.92. The van der Waals surface area contributed by atoms with Crippen LogP contribution in [0.1, 0.15) is 23.6 Å². The second kappa shape index (κ2) is 8.02. The van der Waals surface area contributed by atoms with Gasteiger partial charge in [0, 0.05) is 0 Å². The molecule has 2 aromatic rings. The van der Waals surface area contributed by atoms with Crippen LogP contribution < -0.4 is 9.47 Å². The van der Waals surface area contributed by atoms with Crippen molar-refractivity contribution in [3.63, 3.8) is 0 Å². The summed E-state index contributed by atoms with van der Waals surface area (Å²) in [5.41, 5.74) is 2.22. The lowest BCUT2D eigenvalue weighted by Gasteiger charge is -2.13. The summed E-state index contributed by atoms with van der Waals surface area (Å²) in [6, 6.07) is 12.6. The highest BCUT2D eigenvalue weighted by molar-refractivity contribution is 5.73. The third-order valence-corrected chi connectivity index (χ3v) is 3.41. The first-order valence-electron chi connectivity index (χ1n) is 7.58. The van der Waals surface area contributed by atoms with Crippen LogP contribution in [-0.2, 0) is 16.0 Å². The lowest BCUT2D eigenvalue weighted by Crippen LogP contribution is -2.07. The molecule has 0 radical (unpaired) electrons. The number of carbonyl (C=O) groups excluding carboxylic acids is 1. The SMILES string of the molecule is CCOC(=O)Cc1ccc(Oc2ccc(C#N)cc2C)c(OC)c1. The summed E-state index contributed by atoms with van der Waals surface area (Å²) in [6.07, 6.45) is 0.181. The normalized spacial score (nSPS) is 9.92. The van der Waals surface area contributed by atoms with Gasteiger partial charge in [-0.1, -0.05) is 6.07 Å². The Morgan fingerprint density at radius 3 is 2.50 bits per heavy atom. The van der Waals surface area contributed by atoms with E-state index in [1.54, 1.807) is 50.4 Å². The number of aryl methyl sites for hydroxylation is 1. The summed E-state index contributed by atoms with van der Waals surface area (Å²) in [7, 11) is 1.54. The van der Waals surface area contributed by atoms with Gasteiger partial charge in [0.05, 0.1) is 31.8 Å². The summed E-state index contributed by atoms with van der Waals surface area (Å²) >= 11 is 0. The zero-order valence-corrected chi connectivity index (χ0v) is 14.0. The highest BCUT2D eigenvalue weighted by Gasteiger charge is 2.11. The predicted molar refractivity (Wildman–Crippen MR) is 89.3 cm³/mol. The molecular weight excluding hydrogens is 306 g/mol. The van der Waals surface area contributed by atoms with Crippen molar-refractivity contribution in [2.45, 2.75) is 20.3 Å². The van der Waals surface area contributed by atoms with Crippen molar-refractivity contribution in [1.82, 2.24) is 0 Å². The molecule has 0 aliphatic carbocycles. The molecule has 0 heterocycles. The van der Waals surface area contributed by atoms with E-state index < -0.39 is 0 Å². The number of ether oxygens (including phenoxy) is 3. The van der Waals surface area contributed by atoms with Crippen molar-refractivity contribution in [2.75, 3.05) is 13.7 Å². The van der Waals surface area contributed by atoms with Gasteiger partial charge in [0.25, 0.3) is 0 Å². The molecule has 2 aromatic carbocycles. The van der Waals surface area contributed by atoms with E-state index in [1.807, 2.05) is 6.92 Å². The van der Waals surface area contributed by atoms with Crippen LogP contribution in [0.3, 0.4) is 0 Å². The standard InChI is InChI=1S/C19H19NO4/c1-4-23-19(21)11-14-5-8-17(18(10-14)22-3)24-16-7-6-15(12-20)9-13(16)2/h5-10H,4,11H2,1-3H3. The minimum atomic E-state index is -0.281. The highest BCUT2D eigenvalue weighted by atomic mass is 16.5. The maximum atomic E-state index is 11.6. The van der Waals surface area contributed by atoms with Gasteiger partial charge in [-0.2, -0.15) is 5.26 Å². The Morgan fingerprint density at radius 1 is 1.12 bits per heavy atom. The average molecular weight is 325 g/mol. The summed E-state index contributed by atoms with van der Waals surface area (Å²) in [4.78, 5) is 11.6. The minimum absolute atomic E-state index is 0.181. The first-order valence-corrected chi connectivity index (χ1v) is 7.58. The topological polar surface area (TPSA) is 68.5 Å². The summed E-state index contributed by atoms with van der Waals surface area (Å²) in [5.74, 6) is 1.43. The molecule has 0 saturated heterocycles. The minimum Gasteiger partial charge on any atom is -0.493 e. The number of esters is 1. The van der Waals surface area contributed by atoms with Crippen LogP contribution in [0, 0.1) is 18.3 Å². The first kappa shape index (κ1) is 17.4. The van der Waals surface area contributed by atoms with Crippen LogP contribution >= 0.6 is 0 Å². The molecular formula is C19H19NO4. The lowest BCUT2D eigenvalue weighted by molar-refractivity contribution is -0.142. The van der Waals surface area contributed by atoms with Crippen LogP contribution in [0.5, 0.6) is 17.2 Å². The van der Waals surface area contributed by atoms with Gasteiger partial charge in [0.15, 0.2) is 11.5 Å². The predicted octanol–water partition coefficient (Wildman–Crippen LogP) is 3.77. The molecule has 5 nitrogen and oxygen atoms in total. The van der Waals surface area contributed by atoms with Crippen LogP contribution in [-0.4, -0.2) is 19.7 Å². The fourth-order valence-corrected chi connectivity index (χ4v) is 2.24. The molecule has 0 atom stereocenters. The van der Waals surface area contributed by atoms with E-state index in [0.29, 0.717) is 29.4 Å². The summed E-state index contributed by atoms with van der Waals surface area (Å²) < 4.78 is 16.2. The first-order chi connectivity index (χ1) is 11.6. The molecule has 2 rings (SSSR count). The van der Waals surface area contributed by atoms with Crippen LogP contribution in [0.2, 0.25) is 0 Å². The Labute approximate surface area is 141 Å². The molecule has 5 heteroatoms. The quantitative estimate of drug-likeness (QED) is 0.756. The zero-order valence-electron chi connectivity index (χ0n) is 14.0. The van der Waals surface area contributed by atoms with E-state index in [0.717, 1.165) is 11.1 Å². The van der Waals surface area contributed by atoms with Crippen LogP contribution in [0.15, 0.2) is 36.4 Å². The molecule has 0 aromatic heterocycles. The number of nitrogens with zero attached hydrogens (tertiary/aromatic N) is 1. The largest absolute Gasteiger partial charge is 0.493 e. The van der Waals surface area contributed by atoms with Crippen molar-refractivity contribution in [3.05, 3.63) is 53.1 Å². The van der Waals surface area contributed by atoms with E-state index in [4.69, 9.17) is 19.5 Å². The van der Waals surface area contributed by atoms with E-state index in [2.05, 4.69) is 6.07 Å². The Balaban J connectivity index is 2.22. The molecule has 0 saturated carbocycles. The highest BCUT2D eigenvalue weighted by Crippen LogP contribution is 2.34. The van der Waals surface area contributed by atoms with Crippen molar-refractivity contribution in [2.24, 2.45) is 0 Å². The van der Waals surface area contributed by atoms with E-state index >= 15 is 0 Å². The van der Waals surface area contributed by atoms with Crippen molar-refractivity contribution in [1.29, 1.82) is 5.26 Å². The van der Waals surface area contributed by atoms with E-state index in [9.17, 15) is 4.79 Å². The number of hydrogen-bond donors (Lipinski definition) is 0. The molecule has 0 bridgehead atoms. The Morgan fingerprint density at radius 2 is 1.88 bits per heavy atom. The van der Waals surface area contributed by atoms with Gasteiger partial charge >= 0.3 is 5.97 Å². The lowest BCUT2D eigenvalue weighted by atomic mass is 10.1. The van der Waals surface area contributed by atoms with E-state index in [-0.39, 0.29) is 12.4 Å². The molecule has 0 unspecified atom stereocenters. The van der Waals surface area contributed by atoms with Gasteiger partial charge in [-0.25, -0.2) is 0 Å². The second-order valence-corrected chi connectivity index (χ2v) is 5.16. The number of hydrogen-bond acceptors (Lipinski definition) is 5. The van der Waals surface area contributed by atoms with Gasteiger partial charge < -0.3 is 14.2 Å². The molecule has 0 fully saturated rings.